The third-order valence-electron chi connectivity index (χ3n) is 1.62. The Balaban J connectivity index is 2.10. The van der Waals surface area contributed by atoms with Crippen molar-refractivity contribution in [1.29, 1.82) is 0 Å². The molecular weight excluding hydrogens is 224 g/mol. The van der Waals surface area contributed by atoms with Gasteiger partial charge < -0.3 is 5.73 Å². The van der Waals surface area contributed by atoms with Gasteiger partial charge in [0.05, 0.1) is 12.3 Å². The molecular formula is C6H6N4O2S2. The van der Waals surface area contributed by atoms with Gasteiger partial charge in [-0.25, -0.2) is 0 Å². The van der Waals surface area contributed by atoms with E-state index in [0.29, 0.717) is 10.1 Å². The molecule has 1 fully saturated rings. The van der Waals surface area contributed by atoms with Gasteiger partial charge in [-0.15, -0.1) is 10.2 Å². The maximum Gasteiger partial charge on any atom is 0.289 e. The van der Waals surface area contributed by atoms with Gasteiger partial charge in [0.2, 0.25) is 11.0 Å². The van der Waals surface area contributed by atoms with E-state index < -0.39 is 0 Å². The number of aromatic nitrogens is 2. The van der Waals surface area contributed by atoms with E-state index in [2.05, 4.69) is 10.2 Å². The molecule has 0 atom stereocenters. The standard InChI is InChI=1S/C6H6N4O2S2/c7-5-9-8-3(14-5)1-10-4(11)2-13-6(10)12/h1-2H2,(H2,7,9). The van der Waals surface area contributed by atoms with Crippen molar-refractivity contribution in [2.24, 2.45) is 0 Å². The highest BCUT2D eigenvalue weighted by atomic mass is 32.2. The number of nitrogens with zero attached hydrogens (tertiary/aromatic N) is 3. The predicted molar refractivity (Wildman–Crippen MR) is 52.7 cm³/mol. The van der Waals surface area contributed by atoms with E-state index in [9.17, 15) is 9.59 Å². The minimum absolute atomic E-state index is 0.180. The summed E-state index contributed by atoms with van der Waals surface area (Å²) in [4.78, 5) is 23.6. The second-order valence-electron chi connectivity index (χ2n) is 2.57. The predicted octanol–water partition coefficient (Wildman–Crippen LogP) is 0.316. The number of nitrogen functional groups attached to an aromatic ring is 1. The molecule has 0 aromatic carbocycles. The monoisotopic (exact) mass is 230 g/mol. The van der Waals surface area contributed by atoms with Crippen LogP contribution in [0.4, 0.5) is 9.93 Å². The first-order valence-electron chi connectivity index (χ1n) is 3.72. The van der Waals surface area contributed by atoms with E-state index in [1.807, 2.05) is 0 Å². The van der Waals surface area contributed by atoms with Gasteiger partial charge in [-0.3, -0.25) is 14.5 Å². The molecule has 0 saturated carbocycles. The van der Waals surface area contributed by atoms with Crippen LogP contribution >= 0.6 is 23.1 Å². The Morgan fingerprint density at radius 1 is 1.43 bits per heavy atom. The molecule has 1 saturated heterocycles. The lowest BCUT2D eigenvalue weighted by molar-refractivity contribution is -0.125. The highest BCUT2D eigenvalue weighted by molar-refractivity contribution is 8.14. The van der Waals surface area contributed by atoms with Gasteiger partial charge in [0.15, 0.2) is 0 Å². The number of hydrogen-bond acceptors (Lipinski definition) is 7. The first-order valence-corrected chi connectivity index (χ1v) is 5.52. The number of nitrogens with two attached hydrogens (primary N) is 1. The summed E-state index contributed by atoms with van der Waals surface area (Å²) in [5, 5.41) is 8.02. The number of carbonyl (C=O) groups is 2. The molecule has 1 aliphatic rings. The lowest BCUT2D eigenvalue weighted by atomic mass is 10.5. The van der Waals surface area contributed by atoms with E-state index in [0.717, 1.165) is 16.7 Å². The normalized spacial score (nSPS) is 16.7. The van der Waals surface area contributed by atoms with Crippen LogP contribution in [0.3, 0.4) is 0 Å². The Morgan fingerprint density at radius 3 is 2.71 bits per heavy atom. The molecule has 2 amide bonds. The van der Waals surface area contributed by atoms with Gasteiger partial charge in [0.1, 0.15) is 5.01 Å². The Labute approximate surface area is 87.5 Å². The van der Waals surface area contributed by atoms with Crippen LogP contribution in [0.2, 0.25) is 0 Å². The molecule has 2 heterocycles. The molecule has 14 heavy (non-hydrogen) atoms. The highest BCUT2D eigenvalue weighted by Crippen LogP contribution is 2.22. The van der Waals surface area contributed by atoms with Crippen LogP contribution < -0.4 is 5.73 Å². The molecule has 2 N–H and O–H groups in total. The average Bonchev–Trinajstić information content (AvgIpc) is 2.67. The first kappa shape index (κ1) is 9.41. The van der Waals surface area contributed by atoms with Crippen LogP contribution in [-0.4, -0.2) is 32.0 Å². The Morgan fingerprint density at radius 2 is 2.21 bits per heavy atom. The number of carbonyl (C=O) groups excluding carboxylic acids is 2. The largest absolute Gasteiger partial charge is 0.374 e. The maximum absolute atomic E-state index is 11.2. The zero-order valence-corrected chi connectivity index (χ0v) is 8.60. The molecule has 2 rings (SSSR count). The fourth-order valence-electron chi connectivity index (χ4n) is 1.000. The van der Waals surface area contributed by atoms with Crippen LogP contribution in [-0.2, 0) is 11.3 Å². The van der Waals surface area contributed by atoms with E-state index >= 15 is 0 Å². The number of amides is 2. The van der Waals surface area contributed by atoms with Gasteiger partial charge in [0, 0.05) is 0 Å². The third-order valence-corrected chi connectivity index (χ3v) is 3.21. The number of imide groups is 1. The minimum Gasteiger partial charge on any atom is -0.374 e. The van der Waals surface area contributed by atoms with Crippen molar-refractivity contribution < 1.29 is 9.59 Å². The van der Waals surface area contributed by atoms with E-state index in [-0.39, 0.29) is 23.4 Å². The summed E-state index contributed by atoms with van der Waals surface area (Å²) in [7, 11) is 0. The number of thioether (sulfide) groups is 1. The van der Waals surface area contributed by atoms with Crippen molar-refractivity contribution in [1.82, 2.24) is 15.1 Å². The van der Waals surface area contributed by atoms with Crippen LogP contribution in [0, 0.1) is 0 Å². The zero-order valence-electron chi connectivity index (χ0n) is 6.97. The topological polar surface area (TPSA) is 89.2 Å². The molecule has 1 aliphatic heterocycles. The van der Waals surface area contributed by atoms with E-state index in [4.69, 9.17) is 5.73 Å². The Kier molecular flexibility index (Phi) is 2.38. The lowest BCUT2D eigenvalue weighted by Crippen LogP contribution is -2.27. The fraction of sp³-hybridized carbons (Fsp3) is 0.333. The highest BCUT2D eigenvalue weighted by Gasteiger charge is 2.30. The smallest absolute Gasteiger partial charge is 0.289 e. The lowest BCUT2D eigenvalue weighted by Gasteiger charge is -2.08. The molecule has 8 heteroatoms. The van der Waals surface area contributed by atoms with Crippen molar-refractivity contribution in [2.45, 2.75) is 6.54 Å². The van der Waals surface area contributed by atoms with Crippen molar-refractivity contribution in [3.05, 3.63) is 5.01 Å². The van der Waals surface area contributed by atoms with Gasteiger partial charge >= 0.3 is 0 Å². The molecule has 1 aromatic rings. The van der Waals surface area contributed by atoms with Crippen molar-refractivity contribution in [3.63, 3.8) is 0 Å². The summed E-state index contributed by atoms with van der Waals surface area (Å²) >= 11 is 2.18. The summed E-state index contributed by atoms with van der Waals surface area (Å²) < 4.78 is 0. The van der Waals surface area contributed by atoms with Gasteiger partial charge in [-0.05, 0) is 0 Å². The second-order valence-corrected chi connectivity index (χ2v) is 4.59. The average molecular weight is 230 g/mol. The summed E-state index contributed by atoms with van der Waals surface area (Å²) in [5.74, 6) is 0.0291. The zero-order chi connectivity index (χ0) is 10.1. The SMILES string of the molecule is Nc1nnc(CN2C(=O)CSC2=O)s1. The van der Waals surface area contributed by atoms with Crippen LogP contribution in [0.1, 0.15) is 5.01 Å². The summed E-state index contributed by atoms with van der Waals surface area (Å²) in [6.07, 6.45) is 0. The minimum atomic E-state index is -0.233. The maximum atomic E-state index is 11.2. The van der Waals surface area contributed by atoms with Crippen molar-refractivity contribution in [3.8, 4) is 0 Å². The summed E-state index contributed by atoms with van der Waals surface area (Å²) in [6, 6.07) is 0. The fourth-order valence-corrected chi connectivity index (χ4v) is 2.32. The molecule has 0 unspecified atom stereocenters. The number of anilines is 1. The molecule has 0 radical (unpaired) electrons. The van der Waals surface area contributed by atoms with Gasteiger partial charge in [0.25, 0.3) is 5.24 Å². The van der Waals surface area contributed by atoms with Crippen LogP contribution in [0.15, 0.2) is 0 Å². The quantitative estimate of drug-likeness (QED) is 0.786. The van der Waals surface area contributed by atoms with Crippen molar-refractivity contribution in [2.75, 3.05) is 11.5 Å². The van der Waals surface area contributed by atoms with Crippen LogP contribution in [0.5, 0.6) is 0 Å². The Hall–Kier alpha value is -1.15. The second kappa shape index (κ2) is 3.54. The van der Waals surface area contributed by atoms with Crippen molar-refractivity contribution >= 4 is 39.4 Å². The summed E-state index contributed by atoms with van der Waals surface area (Å²) in [6.45, 7) is 0.180. The molecule has 0 aliphatic carbocycles. The first-order chi connectivity index (χ1) is 6.66. The molecule has 74 valence electrons. The molecule has 1 aromatic heterocycles. The van der Waals surface area contributed by atoms with Crippen LogP contribution in [0.25, 0.3) is 0 Å². The summed E-state index contributed by atoms with van der Waals surface area (Å²) in [5.41, 5.74) is 5.37. The van der Waals surface area contributed by atoms with E-state index in [1.54, 1.807) is 0 Å². The molecule has 6 nitrogen and oxygen atoms in total. The Bertz CT molecular complexity index is 375. The molecule has 0 spiro atoms. The van der Waals surface area contributed by atoms with Gasteiger partial charge in [-0.2, -0.15) is 0 Å². The molecule has 0 bridgehead atoms. The van der Waals surface area contributed by atoms with Gasteiger partial charge in [-0.1, -0.05) is 23.1 Å². The number of rotatable bonds is 2. The number of hydrogen-bond donors (Lipinski definition) is 1. The van der Waals surface area contributed by atoms with E-state index in [1.165, 1.54) is 11.3 Å². The third kappa shape index (κ3) is 1.70.